The third-order valence-corrected chi connectivity index (χ3v) is 3.61. The number of phenolic OH excluding ortho intramolecular Hbond substituents is 1. The highest BCUT2D eigenvalue weighted by Crippen LogP contribution is 2.23. The maximum Gasteiger partial charge on any atom is 0.335 e. The minimum absolute atomic E-state index is 0.0673. The Morgan fingerprint density at radius 3 is 2.38 bits per heavy atom. The number of aromatic carboxylic acids is 1. The van der Waals surface area contributed by atoms with E-state index in [9.17, 15) is 19.5 Å². The number of carbonyl (C=O) groups excluding carboxylic acids is 2. The van der Waals surface area contributed by atoms with E-state index in [0.717, 1.165) is 0 Å². The molecule has 1 amide bonds. The molecule has 6 heteroatoms. The molecule has 134 valence electrons. The van der Waals surface area contributed by atoms with Gasteiger partial charge in [0.1, 0.15) is 5.75 Å². The fraction of sp³-hybridized carbons (Fsp3) is 0.150. The van der Waals surface area contributed by atoms with Crippen LogP contribution < -0.4 is 5.32 Å². The van der Waals surface area contributed by atoms with Gasteiger partial charge in [0.2, 0.25) is 5.91 Å². The molecule has 0 heterocycles. The lowest BCUT2D eigenvalue weighted by Gasteiger charge is -2.07. The molecule has 0 saturated heterocycles. The number of aromatic hydroxyl groups is 1. The fourth-order valence-electron chi connectivity index (χ4n) is 2.26. The summed E-state index contributed by atoms with van der Waals surface area (Å²) in [6.07, 6.45) is 3.88. The summed E-state index contributed by atoms with van der Waals surface area (Å²) < 4.78 is 0. The van der Waals surface area contributed by atoms with E-state index in [0.29, 0.717) is 24.1 Å². The molecule has 0 unspecified atom stereocenters. The van der Waals surface area contributed by atoms with Crippen molar-refractivity contribution in [3.8, 4) is 5.75 Å². The van der Waals surface area contributed by atoms with Crippen LogP contribution in [0.2, 0.25) is 0 Å². The Bertz CT molecular complexity index is 853. The summed E-state index contributed by atoms with van der Waals surface area (Å²) in [5, 5.41) is 21.4. The number of hydrogen-bond donors (Lipinski definition) is 3. The Kier molecular flexibility index (Phi) is 6.27. The number of amides is 1. The molecular formula is C20H19NO5. The topological polar surface area (TPSA) is 104 Å². The number of carbonyl (C=O) groups is 3. The van der Waals surface area contributed by atoms with E-state index in [1.54, 1.807) is 12.1 Å². The van der Waals surface area contributed by atoms with Crippen LogP contribution in [0.4, 0.5) is 5.69 Å². The molecule has 0 bridgehead atoms. The highest BCUT2D eigenvalue weighted by atomic mass is 16.4. The summed E-state index contributed by atoms with van der Waals surface area (Å²) in [4.78, 5) is 34.8. The maximum absolute atomic E-state index is 12.3. The molecule has 2 rings (SSSR count). The molecule has 0 atom stereocenters. The van der Waals surface area contributed by atoms with Gasteiger partial charge in [-0.3, -0.25) is 9.59 Å². The molecule has 2 aromatic carbocycles. The number of ketones is 1. The number of carboxylic acids is 1. The van der Waals surface area contributed by atoms with Gasteiger partial charge in [-0.15, -0.1) is 0 Å². The second-order valence-corrected chi connectivity index (χ2v) is 5.65. The lowest BCUT2D eigenvalue weighted by molar-refractivity contribution is -0.116. The van der Waals surface area contributed by atoms with Crippen molar-refractivity contribution in [2.75, 3.05) is 5.32 Å². The Morgan fingerprint density at radius 1 is 1.08 bits per heavy atom. The summed E-state index contributed by atoms with van der Waals surface area (Å²) in [6.45, 7) is 1.89. The van der Waals surface area contributed by atoms with Gasteiger partial charge in [-0.25, -0.2) is 4.79 Å². The van der Waals surface area contributed by atoms with Gasteiger partial charge in [-0.1, -0.05) is 25.1 Å². The molecule has 0 spiro atoms. The van der Waals surface area contributed by atoms with Crippen LogP contribution in [0.15, 0.2) is 48.5 Å². The number of benzene rings is 2. The van der Waals surface area contributed by atoms with Gasteiger partial charge < -0.3 is 15.5 Å². The van der Waals surface area contributed by atoms with Crippen LogP contribution in [-0.4, -0.2) is 27.9 Å². The molecule has 0 aliphatic carbocycles. The SMILES string of the molecule is CCCC(=O)Nc1ccc(O)c(C(=O)/C=C/c2ccc(C(=O)O)cc2)c1. The Hall–Kier alpha value is -3.41. The Morgan fingerprint density at radius 2 is 1.77 bits per heavy atom. The normalized spacial score (nSPS) is 10.7. The molecule has 6 nitrogen and oxygen atoms in total. The van der Waals surface area contributed by atoms with Crippen molar-refractivity contribution in [1.29, 1.82) is 0 Å². The van der Waals surface area contributed by atoms with Crippen LogP contribution in [0.5, 0.6) is 5.75 Å². The molecule has 0 aliphatic rings. The average molecular weight is 353 g/mol. The minimum atomic E-state index is -1.02. The number of carboxylic acid groups (broad SMARTS) is 1. The van der Waals surface area contributed by atoms with Gasteiger partial charge in [0.05, 0.1) is 11.1 Å². The zero-order chi connectivity index (χ0) is 19.1. The van der Waals surface area contributed by atoms with Crippen molar-refractivity contribution in [3.05, 3.63) is 65.2 Å². The smallest absolute Gasteiger partial charge is 0.335 e. The lowest BCUT2D eigenvalue weighted by Crippen LogP contribution is -2.11. The second-order valence-electron chi connectivity index (χ2n) is 5.65. The van der Waals surface area contributed by atoms with Crippen LogP contribution in [0, 0.1) is 0 Å². The largest absolute Gasteiger partial charge is 0.507 e. The van der Waals surface area contributed by atoms with E-state index in [-0.39, 0.29) is 22.8 Å². The molecule has 0 aliphatic heterocycles. The predicted molar refractivity (Wildman–Crippen MR) is 98.4 cm³/mol. The zero-order valence-electron chi connectivity index (χ0n) is 14.2. The molecule has 0 radical (unpaired) electrons. The molecule has 26 heavy (non-hydrogen) atoms. The lowest BCUT2D eigenvalue weighted by atomic mass is 10.1. The molecular weight excluding hydrogens is 334 g/mol. The fourth-order valence-corrected chi connectivity index (χ4v) is 2.26. The zero-order valence-corrected chi connectivity index (χ0v) is 14.2. The Balaban J connectivity index is 2.15. The van der Waals surface area contributed by atoms with Gasteiger partial charge >= 0.3 is 5.97 Å². The van der Waals surface area contributed by atoms with E-state index in [1.807, 2.05) is 6.92 Å². The minimum Gasteiger partial charge on any atom is -0.507 e. The van der Waals surface area contributed by atoms with Gasteiger partial charge in [0.15, 0.2) is 5.78 Å². The van der Waals surface area contributed by atoms with Crippen molar-refractivity contribution in [2.24, 2.45) is 0 Å². The van der Waals surface area contributed by atoms with Crippen molar-refractivity contribution in [1.82, 2.24) is 0 Å². The molecule has 2 aromatic rings. The summed E-state index contributed by atoms with van der Waals surface area (Å²) in [7, 11) is 0. The molecule has 0 aromatic heterocycles. The van der Waals surface area contributed by atoms with Gasteiger partial charge in [0, 0.05) is 12.1 Å². The van der Waals surface area contributed by atoms with Gasteiger partial charge in [-0.2, -0.15) is 0 Å². The van der Waals surface area contributed by atoms with Crippen molar-refractivity contribution >= 4 is 29.4 Å². The Labute approximate surface area is 150 Å². The number of hydrogen-bond acceptors (Lipinski definition) is 4. The first-order valence-corrected chi connectivity index (χ1v) is 8.09. The first-order chi connectivity index (χ1) is 12.4. The quantitative estimate of drug-likeness (QED) is 0.400. The monoisotopic (exact) mass is 353 g/mol. The highest BCUT2D eigenvalue weighted by Gasteiger charge is 2.11. The number of nitrogens with one attached hydrogen (secondary N) is 1. The number of phenols is 1. The second kappa shape index (κ2) is 8.62. The standard InChI is InChI=1S/C20H19NO5/c1-2-3-19(24)21-15-9-11-18(23)16(12-15)17(22)10-6-13-4-7-14(8-5-13)20(25)26/h4-12,23H,2-3H2,1H3,(H,21,24)(H,25,26)/b10-6+. The summed E-state index contributed by atoms with van der Waals surface area (Å²) >= 11 is 0. The van der Waals surface area contributed by atoms with Crippen LogP contribution in [-0.2, 0) is 4.79 Å². The number of anilines is 1. The number of allylic oxidation sites excluding steroid dienone is 1. The molecule has 0 saturated carbocycles. The van der Waals surface area contributed by atoms with Crippen LogP contribution in [0.25, 0.3) is 6.08 Å². The van der Waals surface area contributed by atoms with Crippen LogP contribution in [0.3, 0.4) is 0 Å². The van der Waals surface area contributed by atoms with E-state index in [1.165, 1.54) is 42.5 Å². The van der Waals surface area contributed by atoms with Crippen molar-refractivity contribution in [3.63, 3.8) is 0 Å². The summed E-state index contributed by atoms with van der Waals surface area (Å²) in [5.74, 6) is -1.81. The summed E-state index contributed by atoms with van der Waals surface area (Å²) in [5.41, 5.74) is 1.30. The van der Waals surface area contributed by atoms with Crippen LogP contribution in [0.1, 0.15) is 46.0 Å². The number of rotatable bonds is 7. The molecule has 0 fully saturated rings. The third kappa shape index (κ3) is 5.04. The van der Waals surface area contributed by atoms with E-state index in [2.05, 4.69) is 5.32 Å². The predicted octanol–water partition coefficient (Wildman–Crippen LogP) is 3.73. The first-order valence-electron chi connectivity index (χ1n) is 8.09. The van der Waals surface area contributed by atoms with Crippen molar-refractivity contribution < 1.29 is 24.6 Å². The maximum atomic E-state index is 12.3. The van der Waals surface area contributed by atoms with Crippen molar-refractivity contribution in [2.45, 2.75) is 19.8 Å². The van der Waals surface area contributed by atoms with Gasteiger partial charge in [0.25, 0.3) is 0 Å². The van der Waals surface area contributed by atoms with Gasteiger partial charge in [-0.05, 0) is 48.4 Å². The molecule has 3 N–H and O–H groups in total. The third-order valence-electron chi connectivity index (χ3n) is 3.61. The van der Waals surface area contributed by atoms with Crippen LogP contribution >= 0.6 is 0 Å². The summed E-state index contributed by atoms with van der Waals surface area (Å²) in [6, 6.07) is 10.3. The van der Waals surface area contributed by atoms with E-state index >= 15 is 0 Å². The highest BCUT2D eigenvalue weighted by molar-refractivity contribution is 6.09. The van der Waals surface area contributed by atoms with E-state index in [4.69, 9.17) is 5.11 Å². The first kappa shape index (κ1) is 18.9. The average Bonchev–Trinajstić information content (AvgIpc) is 2.61. The van der Waals surface area contributed by atoms with E-state index < -0.39 is 11.8 Å².